The highest BCUT2D eigenvalue weighted by atomic mass is 15.3. The Morgan fingerprint density at radius 1 is 1.11 bits per heavy atom. The number of nitrogens with two attached hydrogens (primary N) is 1. The number of piperidine rings is 1. The summed E-state index contributed by atoms with van der Waals surface area (Å²) in [6.07, 6.45) is 12.1. The molecule has 0 aromatic heterocycles. The van der Waals surface area contributed by atoms with Gasteiger partial charge in [-0.1, -0.05) is 39.5 Å². The Kier molecular flexibility index (Phi) is 5.67. The van der Waals surface area contributed by atoms with Crippen LogP contribution in [0, 0.1) is 5.92 Å². The lowest BCUT2D eigenvalue weighted by Crippen LogP contribution is -2.62. The van der Waals surface area contributed by atoms with Crippen molar-refractivity contribution in [2.45, 2.75) is 83.2 Å². The molecule has 2 fully saturated rings. The van der Waals surface area contributed by atoms with Crippen LogP contribution < -0.4 is 11.3 Å². The van der Waals surface area contributed by atoms with Gasteiger partial charge in [0.2, 0.25) is 0 Å². The summed E-state index contributed by atoms with van der Waals surface area (Å²) in [5.74, 6) is 6.74. The third kappa shape index (κ3) is 3.32. The standard InChI is InChI=1S/C16H33N3/c1-3-14(2)13-15(18-17)16(9-5-6-10-16)19-11-7-4-8-12-19/h14-15,18H,3-13,17H2,1-2H3. The Balaban J connectivity index is 2.11. The first-order valence-corrected chi connectivity index (χ1v) is 8.44. The predicted octanol–water partition coefficient (Wildman–Crippen LogP) is 3.05. The normalized spacial score (nSPS) is 27.3. The number of hydrogen-bond donors (Lipinski definition) is 2. The van der Waals surface area contributed by atoms with Crippen molar-refractivity contribution in [3.05, 3.63) is 0 Å². The highest BCUT2D eigenvalue weighted by molar-refractivity contribution is 5.04. The Labute approximate surface area is 119 Å². The zero-order valence-corrected chi connectivity index (χ0v) is 13.0. The van der Waals surface area contributed by atoms with Crippen LogP contribution in [0.2, 0.25) is 0 Å². The summed E-state index contributed by atoms with van der Waals surface area (Å²) in [6.45, 7) is 7.24. The monoisotopic (exact) mass is 267 g/mol. The lowest BCUT2D eigenvalue weighted by Gasteiger charge is -2.49. The molecule has 0 spiro atoms. The van der Waals surface area contributed by atoms with E-state index in [0.29, 0.717) is 11.6 Å². The quantitative estimate of drug-likeness (QED) is 0.574. The summed E-state index contributed by atoms with van der Waals surface area (Å²) in [7, 11) is 0. The molecule has 2 rings (SSSR count). The molecule has 19 heavy (non-hydrogen) atoms. The number of likely N-dealkylation sites (tertiary alicyclic amines) is 1. The van der Waals surface area contributed by atoms with Gasteiger partial charge in [0.05, 0.1) is 0 Å². The van der Waals surface area contributed by atoms with Crippen LogP contribution in [0.15, 0.2) is 0 Å². The van der Waals surface area contributed by atoms with Crippen LogP contribution in [-0.2, 0) is 0 Å². The molecule has 1 saturated heterocycles. The van der Waals surface area contributed by atoms with E-state index in [-0.39, 0.29) is 0 Å². The van der Waals surface area contributed by atoms with Crippen LogP contribution in [0.3, 0.4) is 0 Å². The summed E-state index contributed by atoms with van der Waals surface area (Å²) in [6, 6.07) is 0.475. The number of nitrogens with one attached hydrogen (secondary N) is 1. The van der Waals surface area contributed by atoms with Crippen LogP contribution in [0.4, 0.5) is 0 Å². The van der Waals surface area contributed by atoms with Crippen molar-refractivity contribution in [2.24, 2.45) is 11.8 Å². The lowest BCUT2D eigenvalue weighted by atomic mass is 9.80. The Hall–Kier alpha value is -0.120. The molecule has 1 saturated carbocycles. The molecule has 3 nitrogen and oxygen atoms in total. The van der Waals surface area contributed by atoms with Gasteiger partial charge in [-0.25, -0.2) is 0 Å². The minimum Gasteiger partial charge on any atom is -0.296 e. The van der Waals surface area contributed by atoms with Gasteiger partial charge in [-0.15, -0.1) is 0 Å². The van der Waals surface area contributed by atoms with E-state index in [0.717, 1.165) is 5.92 Å². The zero-order valence-electron chi connectivity index (χ0n) is 13.0. The molecular formula is C16H33N3. The van der Waals surface area contributed by atoms with Crippen LogP contribution >= 0.6 is 0 Å². The second kappa shape index (κ2) is 7.05. The number of rotatable bonds is 6. The molecule has 2 atom stereocenters. The summed E-state index contributed by atoms with van der Waals surface area (Å²) in [4.78, 5) is 2.79. The van der Waals surface area contributed by atoms with Gasteiger partial charge in [-0.2, -0.15) is 0 Å². The van der Waals surface area contributed by atoms with Crippen LogP contribution in [0.5, 0.6) is 0 Å². The van der Waals surface area contributed by atoms with Crippen LogP contribution in [0.25, 0.3) is 0 Å². The second-order valence-electron chi connectivity index (χ2n) is 6.83. The maximum atomic E-state index is 5.97. The topological polar surface area (TPSA) is 41.3 Å². The van der Waals surface area contributed by atoms with Crippen molar-refractivity contribution in [1.29, 1.82) is 0 Å². The van der Waals surface area contributed by atoms with E-state index in [2.05, 4.69) is 24.2 Å². The van der Waals surface area contributed by atoms with Gasteiger partial charge in [-0.3, -0.25) is 16.2 Å². The summed E-state index contributed by atoms with van der Waals surface area (Å²) < 4.78 is 0. The maximum absolute atomic E-state index is 5.97. The van der Waals surface area contributed by atoms with Gasteiger partial charge < -0.3 is 0 Å². The Morgan fingerprint density at radius 2 is 1.74 bits per heavy atom. The number of nitrogens with zero attached hydrogens (tertiary/aromatic N) is 1. The van der Waals surface area contributed by atoms with Gasteiger partial charge >= 0.3 is 0 Å². The highest BCUT2D eigenvalue weighted by Crippen LogP contribution is 2.41. The lowest BCUT2D eigenvalue weighted by molar-refractivity contribution is 0.0292. The first-order chi connectivity index (χ1) is 9.23. The first kappa shape index (κ1) is 15.3. The maximum Gasteiger partial charge on any atom is 0.0397 e. The molecule has 2 unspecified atom stereocenters. The van der Waals surface area contributed by atoms with Crippen molar-refractivity contribution in [1.82, 2.24) is 10.3 Å². The van der Waals surface area contributed by atoms with Crippen molar-refractivity contribution >= 4 is 0 Å². The summed E-state index contributed by atoms with van der Waals surface area (Å²) >= 11 is 0. The smallest absolute Gasteiger partial charge is 0.0397 e. The first-order valence-electron chi connectivity index (χ1n) is 8.44. The number of hydrazine groups is 1. The van der Waals surface area contributed by atoms with Gasteiger partial charge in [0, 0.05) is 11.6 Å². The average Bonchev–Trinajstić information content (AvgIpc) is 2.96. The van der Waals surface area contributed by atoms with E-state index in [9.17, 15) is 0 Å². The van der Waals surface area contributed by atoms with Crippen molar-refractivity contribution in [2.75, 3.05) is 13.1 Å². The predicted molar refractivity (Wildman–Crippen MR) is 81.8 cm³/mol. The molecule has 3 N–H and O–H groups in total. The van der Waals surface area contributed by atoms with Crippen LogP contribution in [0.1, 0.15) is 71.6 Å². The fourth-order valence-corrected chi connectivity index (χ4v) is 4.22. The van der Waals surface area contributed by atoms with Crippen molar-refractivity contribution in [3.8, 4) is 0 Å². The molecule has 2 aliphatic rings. The molecule has 0 aromatic carbocycles. The van der Waals surface area contributed by atoms with Crippen LogP contribution in [-0.4, -0.2) is 29.6 Å². The highest BCUT2D eigenvalue weighted by Gasteiger charge is 2.45. The van der Waals surface area contributed by atoms with E-state index < -0.39 is 0 Å². The molecule has 1 heterocycles. The van der Waals surface area contributed by atoms with E-state index in [1.165, 1.54) is 70.9 Å². The molecule has 0 aromatic rings. The molecular weight excluding hydrogens is 234 g/mol. The largest absolute Gasteiger partial charge is 0.296 e. The van der Waals surface area contributed by atoms with E-state index in [1.807, 2.05) is 0 Å². The molecule has 0 amide bonds. The van der Waals surface area contributed by atoms with Gasteiger partial charge in [0.25, 0.3) is 0 Å². The molecule has 3 heteroatoms. The Morgan fingerprint density at radius 3 is 2.26 bits per heavy atom. The number of hydrogen-bond acceptors (Lipinski definition) is 3. The molecule has 0 radical (unpaired) electrons. The summed E-state index contributed by atoms with van der Waals surface area (Å²) in [5, 5.41) is 0. The van der Waals surface area contributed by atoms with E-state index in [1.54, 1.807) is 0 Å². The fraction of sp³-hybridized carbons (Fsp3) is 1.00. The molecule has 0 bridgehead atoms. The van der Waals surface area contributed by atoms with E-state index >= 15 is 0 Å². The minimum absolute atomic E-state index is 0.360. The van der Waals surface area contributed by atoms with Crippen molar-refractivity contribution < 1.29 is 0 Å². The van der Waals surface area contributed by atoms with Gasteiger partial charge in [0.1, 0.15) is 0 Å². The SMILES string of the molecule is CCC(C)CC(NN)C1(N2CCCCC2)CCCC1. The molecule has 1 aliphatic heterocycles. The average molecular weight is 267 g/mol. The molecule has 1 aliphatic carbocycles. The van der Waals surface area contributed by atoms with Gasteiger partial charge in [0.15, 0.2) is 0 Å². The second-order valence-corrected chi connectivity index (χ2v) is 6.83. The third-order valence-corrected chi connectivity index (χ3v) is 5.64. The summed E-state index contributed by atoms with van der Waals surface area (Å²) in [5.41, 5.74) is 3.57. The third-order valence-electron chi connectivity index (χ3n) is 5.64. The van der Waals surface area contributed by atoms with E-state index in [4.69, 9.17) is 5.84 Å². The fourth-order valence-electron chi connectivity index (χ4n) is 4.22. The van der Waals surface area contributed by atoms with Crippen molar-refractivity contribution in [3.63, 3.8) is 0 Å². The molecule has 112 valence electrons. The zero-order chi connectivity index (χ0) is 13.7. The van der Waals surface area contributed by atoms with Gasteiger partial charge in [-0.05, 0) is 51.1 Å². The Bertz CT molecular complexity index is 255. The minimum atomic E-state index is 0.360.